The van der Waals surface area contributed by atoms with Crippen LogP contribution in [0.15, 0.2) is 54.1 Å². The number of aliphatic hydroxyl groups is 1. The second-order valence-electron chi connectivity index (χ2n) is 24.9. The molecule has 2 fully saturated rings. The smallest absolute Gasteiger partial charge is 0.328 e. The fraction of sp³-hybridized carbons (Fsp3) is 0.627. The van der Waals surface area contributed by atoms with Crippen molar-refractivity contribution >= 4 is 70.5 Å². The standard InChI is InChI=1S/C67H96ClN5O17/c1-15-45(16-2)64(81)87-40(6)22-17-18-23-46(74)34-48(38(3)4)61(78)71-49(24-20-28-70-65(69)82)51(75)31-43-26-27-47(52(32-43)84-12)62(79)72(10)42(8)63(80)89-56-35-57(76)73(11)50-30-44(33-53(85-13)59(50)68)29-39(5)21-19-25-55(86-14)67(83)36-54(88-58(77)37-67)41(7)60-66(56,9)90-60/h19,21,25-27,30,32-33,38,40-42,45,48-49,54-56,60,83H,15-18,20,22-24,28-29,31,34-37H2,1-14H3,(H,71,78)(H3,69,70,82)/b25-19+,39-21+/t40?,41-,42+,48+,49+,54+,55-,56+,60+,66+,67-/m1/s1. The molecule has 1 unspecified atom stereocenters. The summed E-state index contributed by atoms with van der Waals surface area (Å²) < 4.78 is 41.2. The number of unbranched alkanes of at least 4 members (excludes halogenated alkanes) is 1. The van der Waals surface area contributed by atoms with Gasteiger partial charge in [-0.05, 0) is 120 Å². The van der Waals surface area contributed by atoms with Crippen LogP contribution in [0.2, 0.25) is 5.02 Å². The van der Waals surface area contributed by atoms with Crippen LogP contribution < -0.4 is 30.7 Å². The van der Waals surface area contributed by atoms with Crippen LogP contribution in [-0.2, 0) is 70.1 Å². The quantitative estimate of drug-likeness (QED) is 0.0269. The molecule has 5 N–H and O–H groups in total. The third-order valence-corrected chi connectivity index (χ3v) is 18.2. The maximum Gasteiger partial charge on any atom is 0.328 e. The number of rotatable bonds is 28. The van der Waals surface area contributed by atoms with Crippen LogP contribution >= 0.6 is 11.6 Å². The molecular formula is C67H96ClN5O17. The van der Waals surface area contributed by atoms with E-state index in [1.807, 2.05) is 47.6 Å². The Balaban J connectivity index is 1.33. The molecule has 23 heteroatoms. The Kier molecular flexibility index (Phi) is 27.4. The minimum Gasteiger partial charge on any atom is -0.496 e. The van der Waals surface area contributed by atoms with E-state index in [4.69, 9.17) is 50.5 Å². The predicted molar refractivity (Wildman–Crippen MR) is 338 cm³/mol. The number of urea groups is 1. The van der Waals surface area contributed by atoms with Gasteiger partial charge in [0.15, 0.2) is 5.78 Å². The Morgan fingerprint density at radius 1 is 0.944 bits per heavy atom. The van der Waals surface area contributed by atoms with Crippen molar-refractivity contribution in [1.82, 2.24) is 15.5 Å². The minimum atomic E-state index is -1.67. The number of allylic oxidation sites excluding steroid dienone is 3. The molecular weight excluding hydrogens is 1180 g/mol. The Hall–Kier alpha value is -6.88. The van der Waals surface area contributed by atoms with Crippen LogP contribution in [0.4, 0.5) is 10.5 Å². The number of primary amides is 1. The van der Waals surface area contributed by atoms with Gasteiger partial charge in [0.05, 0.1) is 62.5 Å². The number of ether oxygens (including phenoxy) is 7. The van der Waals surface area contributed by atoms with Crippen molar-refractivity contribution in [2.45, 2.75) is 206 Å². The zero-order chi connectivity index (χ0) is 66.9. The number of fused-ring (bicyclic) bond motifs is 5. The molecule has 5 amide bonds. The number of anilines is 1. The van der Waals surface area contributed by atoms with Crippen LogP contribution in [0.3, 0.4) is 0 Å². The first-order chi connectivity index (χ1) is 42.4. The molecule has 11 atom stereocenters. The van der Waals surface area contributed by atoms with Crippen molar-refractivity contribution in [2.75, 3.05) is 46.9 Å². The van der Waals surface area contributed by atoms with E-state index in [0.717, 1.165) is 16.0 Å². The molecule has 2 saturated heterocycles. The number of hydrogen-bond acceptors (Lipinski definition) is 17. The van der Waals surface area contributed by atoms with Gasteiger partial charge in [-0.3, -0.25) is 33.6 Å². The number of methoxy groups -OCH3 is 3. The molecule has 0 spiro atoms. The highest BCUT2D eigenvalue weighted by molar-refractivity contribution is 6.35. The highest BCUT2D eigenvalue weighted by Crippen LogP contribution is 2.50. The molecule has 3 aliphatic heterocycles. The van der Waals surface area contributed by atoms with Crippen molar-refractivity contribution in [3.8, 4) is 11.5 Å². The van der Waals surface area contributed by atoms with E-state index in [1.165, 1.54) is 59.4 Å². The van der Waals surface area contributed by atoms with E-state index < -0.39 is 107 Å². The lowest BCUT2D eigenvalue weighted by molar-refractivity contribution is -0.187. The van der Waals surface area contributed by atoms with Crippen molar-refractivity contribution in [1.29, 1.82) is 0 Å². The summed E-state index contributed by atoms with van der Waals surface area (Å²) in [7, 11) is 7.18. The summed E-state index contributed by atoms with van der Waals surface area (Å²) >= 11 is 6.88. The normalized spacial score (nSPS) is 24.2. The zero-order valence-electron chi connectivity index (χ0n) is 54.9. The Morgan fingerprint density at radius 2 is 1.63 bits per heavy atom. The first-order valence-electron chi connectivity index (χ1n) is 31.3. The summed E-state index contributed by atoms with van der Waals surface area (Å²) in [5.41, 5.74) is 4.70. The summed E-state index contributed by atoms with van der Waals surface area (Å²) in [6, 6.07) is 4.96. The molecule has 22 nitrogen and oxygen atoms in total. The number of carbonyl (C=O) groups excluding carboxylic acids is 9. The van der Waals surface area contributed by atoms with Gasteiger partial charge >= 0.3 is 23.9 Å². The van der Waals surface area contributed by atoms with E-state index in [-0.39, 0.29) is 97.5 Å². The Bertz CT molecular complexity index is 2970. The van der Waals surface area contributed by atoms with Crippen molar-refractivity contribution in [3.63, 3.8) is 0 Å². The third kappa shape index (κ3) is 19.6. The number of hydrogen-bond donors (Lipinski definition) is 4. The van der Waals surface area contributed by atoms with Gasteiger partial charge in [-0.15, -0.1) is 0 Å². The molecule has 3 heterocycles. The number of Topliss-reactive ketones (excluding diaryl/α,β-unsaturated/α-hetero) is 2. The SMILES string of the molecule is CCC(CC)C(=O)OC(C)CCCCC(=O)C[C@H](C(=O)N[C@@H](CCCNC(N)=O)C(=O)Cc1ccc(C(=O)N(C)[C@@H](C)C(=O)O[C@H]2CC(=O)N(C)c3cc(cc(OC)c3Cl)C/C(C)=C/C=C/[C@@H](OC)[C@]3(O)CC(=O)O[C@@H](C3)[C@@H](C)[C@@H]3O[C@@]23C)c(OC)c1)C(C)C. The summed E-state index contributed by atoms with van der Waals surface area (Å²) in [5.74, 6) is -5.31. The lowest BCUT2D eigenvalue weighted by Gasteiger charge is -2.41. The van der Waals surface area contributed by atoms with Gasteiger partial charge in [-0.2, -0.15) is 0 Å². The van der Waals surface area contributed by atoms with Gasteiger partial charge in [0.25, 0.3) is 5.91 Å². The van der Waals surface area contributed by atoms with E-state index in [2.05, 4.69) is 10.6 Å². The maximum absolute atomic E-state index is 14.6. The summed E-state index contributed by atoms with van der Waals surface area (Å²) in [5, 5.41) is 17.6. The summed E-state index contributed by atoms with van der Waals surface area (Å²) in [6.45, 7) is 16.3. The topological polar surface area (TPSA) is 298 Å². The molecule has 498 valence electrons. The number of halogens is 1. The molecule has 90 heavy (non-hydrogen) atoms. The number of ketones is 2. The summed E-state index contributed by atoms with van der Waals surface area (Å²) in [4.78, 5) is 125. The van der Waals surface area contributed by atoms with Crippen molar-refractivity contribution in [3.05, 3.63) is 75.8 Å². The lowest BCUT2D eigenvalue weighted by atomic mass is 9.78. The number of carbonyl (C=O) groups is 9. The third-order valence-electron chi connectivity index (χ3n) is 17.8. The van der Waals surface area contributed by atoms with Gasteiger partial charge in [-0.25, -0.2) is 9.59 Å². The number of likely N-dealkylation sites (N-methyl/N-ethyl adjacent to an activating group) is 1. The first kappa shape index (κ1) is 73.9. The average molecular weight is 1280 g/mol. The highest BCUT2D eigenvalue weighted by atomic mass is 35.5. The number of epoxide rings is 1. The highest BCUT2D eigenvalue weighted by Gasteiger charge is 2.64. The molecule has 0 saturated carbocycles. The van der Waals surface area contributed by atoms with Crippen LogP contribution in [0, 0.1) is 23.7 Å². The molecule has 0 aromatic heterocycles. The molecule has 3 aliphatic rings. The van der Waals surface area contributed by atoms with Crippen LogP contribution in [0.25, 0.3) is 0 Å². The minimum absolute atomic E-state index is 0.0218. The average Bonchev–Trinajstić information content (AvgIpc) is 1.58. The zero-order valence-corrected chi connectivity index (χ0v) is 55.7. The number of nitrogens with one attached hydrogen (secondary N) is 2. The van der Waals surface area contributed by atoms with E-state index >= 15 is 0 Å². The molecule has 0 aliphatic carbocycles. The van der Waals surface area contributed by atoms with Gasteiger partial charge in [0.1, 0.15) is 57.9 Å². The fourth-order valence-corrected chi connectivity index (χ4v) is 12.1. The van der Waals surface area contributed by atoms with E-state index in [9.17, 15) is 48.3 Å². The number of benzene rings is 2. The Labute approximate surface area is 534 Å². The van der Waals surface area contributed by atoms with Gasteiger partial charge in [-0.1, -0.05) is 76.1 Å². The molecule has 5 rings (SSSR count). The van der Waals surface area contributed by atoms with Crippen LogP contribution in [-0.4, -0.2) is 159 Å². The molecule has 4 bridgehead atoms. The number of nitrogens with zero attached hydrogens (tertiary/aromatic N) is 2. The van der Waals surface area contributed by atoms with Gasteiger partial charge in [0.2, 0.25) is 11.8 Å². The monoisotopic (exact) mass is 1280 g/mol. The molecule has 0 radical (unpaired) electrons. The first-order valence-corrected chi connectivity index (χ1v) is 31.7. The van der Waals surface area contributed by atoms with Gasteiger partial charge in [0, 0.05) is 65.3 Å². The fourth-order valence-electron chi connectivity index (χ4n) is 11.8. The second kappa shape index (κ2) is 33.4. The number of amides is 5. The van der Waals surface area contributed by atoms with Gasteiger partial charge < -0.3 is 64.4 Å². The maximum atomic E-state index is 14.6. The predicted octanol–water partition coefficient (Wildman–Crippen LogP) is 8.29. The van der Waals surface area contributed by atoms with E-state index in [0.29, 0.717) is 55.5 Å². The lowest BCUT2D eigenvalue weighted by Crippen LogP contribution is -2.53. The second-order valence-corrected chi connectivity index (χ2v) is 25.3. The number of esters is 3. The Morgan fingerprint density at radius 3 is 2.27 bits per heavy atom. The van der Waals surface area contributed by atoms with Crippen LogP contribution in [0.5, 0.6) is 11.5 Å². The largest absolute Gasteiger partial charge is 0.496 e. The van der Waals surface area contributed by atoms with Crippen molar-refractivity contribution in [2.24, 2.45) is 29.4 Å². The number of nitrogens with two attached hydrogens (primary N) is 1. The van der Waals surface area contributed by atoms with E-state index in [1.54, 1.807) is 44.2 Å². The molecule has 2 aromatic carbocycles. The molecule has 2 aromatic rings. The summed E-state index contributed by atoms with van der Waals surface area (Å²) in [6.07, 6.45) is 4.32. The van der Waals surface area contributed by atoms with Crippen molar-refractivity contribution < 1.29 is 81.4 Å². The van der Waals surface area contributed by atoms with Crippen LogP contribution in [0.1, 0.15) is 161 Å².